The van der Waals surface area contributed by atoms with Crippen molar-refractivity contribution in [2.45, 2.75) is 0 Å². The van der Waals surface area contributed by atoms with Crippen LogP contribution in [0.1, 0.15) is 5.56 Å². The average molecular weight is 309 g/mol. The smallest absolute Gasteiger partial charge is 0.147 e. The Balaban J connectivity index is 2.34. The van der Waals surface area contributed by atoms with Gasteiger partial charge in [-0.05, 0) is 40.2 Å². The number of nitrogens with one attached hydrogen (secondary N) is 1. The first-order valence-corrected chi connectivity index (χ1v) is 5.81. The molecule has 0 saturated heterocycles. The molecule has 0 aliphatic carbocycles. The van der Waals surface area contributed by atoms with Crippen molar-refractivity contribution in [2.24, 2.45) is 0 Å². The Hall–Kier alpha value is -1.93. The van der Waals surface area contributed by atoms with Gasteiger partial charge in [-0.3, -0.25) is 0 Å². The summed E-state index contributed by atoms with van der Waals surface area (Å²) in [5, 5.41) is 11.5. The van der Waals surface area contributed by atoms with E-state index in [1.165, 1.54) is 0 Å². The molecule has 0 atom stereocenters. The highest BCUT2D eigenvalue weighted by Crippen LogP contribution is 2.26. The molecule has 0 aromatic heterocycles. The molecule has 1 N–H and O–H groups in total. The fraction of sp³-hybridized carbons (Fsp3) is 0. The molecule has 18 heavy (non-hydrogen) atoms. The number of rotatable bonds is 2. The van der Waals surface area contributed by atoms with Crippen molar-refractivity contribution in [3.63, 3.8) is 0 Å². The fourth-order valence-electron chi connectivity index (χ4n) is 1.44. The lowest BCUT2D eigenvalue weighted by molar-refractivity contribution is 0.598. The van der Waals surface area contributed by atoms with Crippen molar-refractivity contribution in [2.75, 3.05) is 5.32 Å². The topological polar surface area (TPSA) is 35.8 Å². The molecule has 0 heterocycles. The highest BCUT2D eigenvalue weighted by Gasteiger charge is 2.08. The lowest BCUT2D eigenvalue weighted by atomic mass is 10.2. The van der Waals surface area contributed by atoms with E-state index in [0.29, 0.717) is 11.3 Å². The van der Waals surface area contributed by atoms with Gasteiger partial charge in [0.05, 0.1) is 21.8 Å². The van der Waals surface area contributed by atoms with Crippen LogP contribution in [0.3, 0.4) is 0 Å². The van der Waals surface area contributed by atoms with Crippen LogP contribution in [0.4, 0.5) is 20.2 Å². The van der Waals surface area contributed by atoms with Gasteiger partial charge in [0.15, 0.2) is 0 Å². The molecule has 0 saturated carbocycles. The average Bonchev–Trinajstić information content (AvgIpc) is 2.36. The first-order valence-electron chi connectivity index (χ1n) is 5.02. The lowest BCUT2D eigenvalue weighted by Gasteiger charge is -2.08. The van der Waals surface area contributed by atoms with E-state index in [0.717, 1.165) is 12.1 Å². The number of anilines is 2. The predicted octanol–water partition coefficient (Wildman–Crippen LogP) is 4.34. The number of nitriles is 1. The first kappa shape index (κ1) is 12.5. The summed E-state index contributed by atoms with van der Waals surface area (Å²) in [4.78, 5) is 0. The van der Waals surface area contributed by atoms with Crippen molar-refractivity contribution in [3.8, 4) is 6.07 Å². The van der Waals surface area contributed by atoms with Gasteiger partial charge in [-0.15, -0.1) is 0 Å². The van der Waals surface area contributed by atoms with Gasteiger partial charge in [-0.1, -0.05) is 6.07 Å². The molecule has 0 unspecified atom stereocenters. The zero-order valence-electron chi connectivity index (χ0n) is 9.05. The number of nitrogens with zero attached hydrogens (tertiary/aromatic N) is 1. The summed E-state index contributed by atoms with van der Waals surface area (Å²) in [5.74, 6) is -1.14. The molecule has 0 bridgehead atoms. The number of hydrogen-bond acceptors (Lipinski definition) is 2. The van der Waals surface area contributed by atoms with E-state index in [9.17, 15) is 8.78 Å². The van der Waals surface area contributed by atoms with E-state index < -0.39 is 11.6 Å². The molecule has 2 nitrogen and oxygen atoms in total. The monoisotopic (exact) mass is 308 g/mol. The maximum absolute atomic E-state index is 13.6. The molecule has 90 valence electrons. The van der Waals surface area contributed by atoms with Gasteiger partial charge in [-0.25, -0.2) is 8.78 Å². The number of halogens is 3. The van der Waals surface area contributed by atoms with Crippen LogP contribution in [0.15, 0.2) is 40.9 Å². The van der Waals surface area contributed by atoms with E-state index in [-0.39, 0.29) is 10.2 Å². The maximum atomic E-state index is 13.6. The van der Waals surface area contributed by atoms with Gasteiger partial charge in [-0.2, -0.15) is 5.26 Å². The molecule has 5 heteroatoms. The van der Waals surface area contributed by atoms with Crippen LogP contribution in [0, 0.1) is 23.0 Å². The van der Waals surface area contributed by atoms with Crippen LogP contribution >= 0.6 is 15.9 Å². The minimum absolute atomic E-state index is 0.0192. The quantitative estimate of drug-likeness (QED) is 0.838. The Morgan fingerprint density at radius 3 is 2.61 bits per heavy atom. The van der Waals surface area contributed by atoms with E-state index in [1.807, 2.05) is 6.07 Å². The molecule has 0 amide bonds. The summed E-state index contributed by atoms with van der Waals surface area (Å²) < 4.78 is 26.9. The number of benzene rings is 2. The van der Waals surface area contributed by atoms with Gasteiger partial charge in [0, 0.05) is 11.8 Å². The highest BCUT2D eigenvalue weighted by atomic mass is 79.9. The molecule has 0 spiro atoms. The highest BCUT2D eigenvalue weighted by molar-refractivity contribution is 9.10. The van der Waals surface area contributed by atoms with E-state index in [1.54, 1.807) is 24.3 Å². The van der Waals surface area contributed by atoms with Crippen LogP contribution in [-0.4, -0.2) is 0 Å². The fourth-order valence-corrected chi connectivity index (χ4v) is 1.76. The van der Waals surface area contributed by atoms with Crippen molar-refractivity contribution in [3.05, 3.63) is 58.1 Å². The molecular formula is C13H7BrF2N2. The normalized spacial score (nSPS) is 9.89. The molecule has 0 aliphatic heterocycles. The molecular weight excluding hydrogens is 302 g/mol. The SMILES string of the molecule is N#Cc1cccc(Nc2cc(F)c(Br)cc2F)c1. The van der Waals surface area contributed by atoms with Gasteiger partial charge < -0.3 is 5.32 Å². The predicted molar refractivity (Wildman–Crippen MR) is 68.5 cm³/mol. The van der Waals surface area contributed by atoms with Gasteiger partial charge >= 0.3 is 0 Å². The molecule has 0 aliphatic rings. The largest absolute Gasteiger partial charge is 0.353 e. The maximum Gasteiger partial charge on any atom is 0.147 e. The molecule has 2 aromatic carbocycles. The molecule has 2 rings (SSSR count). The summed E-state index contributed by atoms with van der Waals surface area (Å²) in [6.45, 7) is 0. The molecule has 0 fully saturated rings. The van der Waals surface area contributed by atoms with Crippen LogP contribution in [0.5, 0.6) is 0 Å². The van der Waals surface area contributed by atoms with Gasteiger partial charge in [0.25, 0.3) is 0 Å². The van der Waals surface area contributed by atoms with Crippen LogP contribution in [0.25, 0.3) is 0 Å². The Morgan fingerprint density at radius 1 is 1.11 bits per heavy atom. The van der Waals surface area contributed by atoms with E-state index >= 15 is 0 Å². The standard InChI is InChI=1S/C13H7BrF2N2/c14-10-5-12(16)13(6-11(10)15)18-9-3-1-2-8(4-9)7-17/h1-6,18H. The third-order valence-corrected chi connectivity index (χ3v) is 2.89. The van der Waals surface area contributed by atoms with Crippen LogP contribution < -0.4 is 5.32 Å². The second kappa shape index (κ2) is 5.15. The molecule has 0 radical (unpaired) electrons. The van der Waals surface area contributed by atoms with Crippen molar-refractivity contribution in [1.82, 2.24) is 0 Å². The number of hydrogen-bond donors (Lipinski definition) is 1. The Bertz CT molecular complexity index is 635. The van der Waals surface area contributed by atoms with E-state index in [2.05, 4.69) is 21.2 Å². The zero-order valence-corrected chi connectivity index (χ0v) is 10.6. The third kappa shape index (κ3) is 2.66. The summed E-state index contributed by atoms with van der Waals surface area (Å²) >= 11 is 2.90. The zero-order chi connectivity index (χ0) is 13.1. The summed E-state index contributed by atoms with van der Waals surface area (Å²) in [5.41, 5.74) is 0.985. The van der Waals surface area contributed by atoms with Crippen molar-refractivity contribution < 1.29 is 8.78 Å². The second-order valence-corrected chi connectivity index (χ2v) is 4.42. The molecule has 2 aromatic rings. The summed E-state index contributed by atoms with van der Waals surface area (Å²) in [7, 11) is 0. The van der Waals surface area contributed by atoms with E-state index in [4.69, 9.17) is 5.26 Å². The Morgan fingerprint density at radius 2 is 1.89 bits per heavy atom. The minimum atomic E-state index is -0.578. The van der Waals surface area contributed by atoms with Crippen LogP contribution in [-0.2, 0) is 0 Å². The van der Waals surface area contributed by atoms with Crippen LogP contribution in [0.2, 0.25) is 0 Å². The van der Waals surface area contributed by atoms with Crippen molar-refractivity contribution in [1.29, 1.82) is 5.26 Å². The first-order chi connectivity index (χ1) is 8.60. The Kier molecular flexibility index (Phi) is 3.58. The summed E-state index contributed by atoms with van der Waals surface area (Å²) in [6.07, 6.45) is 0. The van der Waals surface area contributed by atoms with Crippen molar-refractivity contribution >= 4 is 27.3 Å². The van der Waals surface area contributed by atoms with Gasteiger partial charge in [0.1, 0.15) is 11.6 Å². The lowest BCUT2D eigenvalue weighted by Crippen LogP contribution is -1.95. The van der Waals surface area contributed by atoms with Gasteiger partial charge in [0.2, 0.25) is 0 Å². The minimum Gasteiger partial charge on any atom is -0.353 e. The summed E-state index contributed by atoms with van der Waals surface area (Å²) in [6, 6.07) is 10.6. The third-order valence-electron chi connectivity index (χ3n) is 2.28. The Labute approximate surface area is 111 Å². The second-order valence-electron chi connectivity index (χ2n) is 3.56.